The third-order valence-electron chi connectivity index (χ3n) is 3.14. The quantitative estimate of drug-likeness (QED) is 0.422. The molecular weight excluding hydrogens is 308 g/mol. The molecule has 6 heteroatoms. The molecule has 138 valence electrons. The Kier molecular flexibility index (Phi) is 12.3. The van der Waals surface area contributed by atoms with Crippen molar-refractivity contribution < 1.29 is 19.3 Å². The number of hydrogen-bond donors (Lipinski definition) is 3. The van der Waals surface area contributed by atoms with Crippen molar-refractivity contribution in [3.63, 3.8) is 0 Å². The molecule has 0 bridgehead atoms. The average molecular weight is 340 g/mol. The van der Waals surface area contributed by atoms with E-state index in [1.807, 2.05) is 0 Å². The molecule has 0 aliphatic carbocycles. The van der Waals surface area contributed by atoms with Crippen LogP contribution in [0.1, 0.15) is 19.4 Å². The Hall–Kier alpha value is -1.18. The zero-order valence-electron chi connectivity index (χ0n) is 14.9. The van der Waals surface area contributed by atoms with Gasteiger partial charge >= 0.3 is 0 Å². The molecule has 0 heterocycles. The minimum absolute atomic E-state index is 0.0507. The third kappa shape index (κ3) is 11.4. The van der Waals surface area contributed by atoms with Gasteiger partial charge in [0.2, 0.25) is 0 Å². The molecule has 0 aromatic heterocycles. The van der Waals surface area contributed by atoms with Crippen LogP contribution in [0.5, 0.6) is 0 Å². The fourth-order valence-corrected chi connectivity index (χ4v) is 2.04. The Bertz CT molecular complexity index is 399. The van der Waals surface area contributed by atoms with Crippen LogP contribution in [-0.2, 0) is 20.8 Å². The summed E-state index contributed by atoms with van der Waals surface area (Å²) in [6, 6.07) is 8.92. The van der Waals surface area contributed by atoms with Crippen LogP contribution in [-0.4, -0.2) is 63.9 Å². The number of nitrogens with one attached hydrogen (secondary N) is 2. The first-order valence-corrected chi connectivity index (χ1v) is 8.62. The van der Waals surface area contributed by atoms with Crippen LogP contribution in [0.3, 0.4) is 0 Å². The molecule has 0 amide bonds. The second kappa shape index (κ2) is 14.2. The van der Waals surface area contributed by atoms with Gasteiger partial charge in [0.05, 0.1) is 46.2 Å². The molecule has 0 saturated heterocycles. The van der Waals surface area contributed by atoms with Gasteiger partial charge in [-0.1, -0.05) is 12.1 Å². The Morgan fingerprint density at radius 1 is 0.875 bits per heavy atom. The summed E-state index contributed by atoms with van der Waals surface area (Å²) < 4.78 is 15.9. The first-order chi connectivity index (χ1) is 11.7. The predicted octanol–water partition coefficient (Wildman–Crippen LogP) is 1.64. The van der Waals surface area contributed by atoms with Crippen molar-refractivity contribution in [2.75, 3.05) is 58.1 Å². The van der Waals surface area contributed by atoms with Crippen molar-refractivity contribution in [1.29, 1.82) is 0 Å². The fraction of sp³-hybridized carbons (Fsp3) is 0.667. The molecule has 0 spiro atoms. The van der Waals surface area contributed by atoms with Gasteiger partial charge in [0, 0.05) is 24.8 Å². The summed E-state index contributed by atoms with van der Waals surface area (Å²) in [6.45, 7) is 9.17. The number of aliphatic hydroxyl groups excluding tert-OH is 1. The van der Waals surface area contributed by atoms with Crippen molar-refractivity contribution >= 4 is 5.69 Å². The minimum atomic E-state index is 0.0507. The first kappa shape index (κ1) is 20.9. The Morgan fingerprint density at radius 3 is 2.04 bits per heavy atom. The maximum Gasteiger partial charge on any atom is 0.0701 e. The topological polar surface area (TPSA) is 72.0 Å². The molecule has 1 aromatic carbocycles. The van der Waals surface area contributed by atoms with E-state index in [2.05, 4.69) is 48.7 Å². The molecule has 0 aliphatic heterocycles. The van der Waals surface area contributed by atoms with Crippen molar-refractivity contribution in [1.82, 2.24) is 5.32 Å². The van der Waals surface area contributed by atoms with Crippen molar-refractivity contribution in [2.45, 2.75) is 26.4 Å². The molecule has 0 fully saturated rings. The summed E-state index contributed by atoms with van der Waals surface area (Å²) in [5.74, 6) is 0. The summed E-state index contributed by atoms with van der Waals surface area (Å²) in [5, 5.41) is 15.3. The van der Waals surface area contributed by atoms with Gasteiger partial charge in [-0.15, -0.1) is 0 Å². The van der Waals surface area contributed by atoms with Gasteiger partial charge in [0.1, 0.15) is 0 Å². The monoisotopic (exact) mass is 340 g/mol. The lowest BCUT2D eigenvalue weighted by Gasteiger charge is -2.11. The van der Waals surface area contributed by atoms with E-state index in [4.69, 9.17) is 19.3 Å². The number of rotatable bonds is 15. The number of benzene rings is 1. The summed E-state index contributed by atoms with van der Waals surface area (Å²) in [6.07, 6.45) is 0. The van der Waals surface area contributed by atoms with Gasteiger partial charge in [0.25, 0.3) is 0 Å². The van der Waals surface area contributed by atoms with Gasteiger partial charge in [0.15, 0.2) is 0 Å². The van der Waals surface area contributed by atoms with E-state index in [1.165, 1.54) is 5.56 Å². The lowest BCUT2D eigenvalue weighted by atomic mass is 10.2. The van der Waals surface area contributed by atoms with E-state index < -0.39 is 0 Å². The fourth-order valence-electron chi connectivity index (χ4n) is 2.04. The van der Waals surface area contributed by atoms with Crippen LogP contribution in [0, 0.1) is 0 Å². The molecule has 3 N–H and O–H groups in total. The molecule has 24 heavy (non-hydrogen) atoms. The second-order valence-corrected chi connectivity index (χ2v) is 5.73. The van der Waals surface area contributed by atoms with Gasteiger partial charge in [-0.2, -0.15) is 0 Å². The molecule has 0 radical (unpaired) electrons. The van der Waals surface area contributed by atoms with Crippen LogP contribution >= 0.6 is 0 Å². The van der Waals surface area contributed by atoms with Gasteiger partial charge < -0.3 is 30.0 Å². The number of ether oxygens (including phenoxy) is 3. The lowest BCUT2D eigenvalue weighted by molar-refractivity contribution is 0.00818. The highest BCUT2D eigenvalue weighted by Gasteiger charge is 1.97. The molecule has 0 aliphatic rings. The molecule has 1 rings (SSSR count). The molecule has 1 aromatic rings. The normalized spacial score (nSPS) is 11.2. The van der Waals surface area contributed by atoms with E-state index in [0.717, 1.165) is 18.8 Å². The zero-order chi connectivity index (χ0) is 17.5. The number of aliphatic hydroxyl groups is 1. The van der Waals surface area contributed by atoms with Crippen LogP contribution < -0.4 is 10.6 Å². The molecule has 6 nitrogen and oxygen atoms in total. The van der Waals surface area contributed by atoms with Gasteiger partial charge in [-0.3, -0.25) is 0 Å². The molecule has 0 unspecified atom stereocenters. The summed E-state index contributed by atoms with van der Waals surface area (Å²) >= 11 is 0. The second-order valence-electron chi connectivity index (χ2n) is 5.73. The SMILES string of the molecule is CC(C)Nc1ccc(CNCCOCCOCCOCCO)cc1. The minimum Gasteiger partial charge on any atom is -0.394 e. The predicted molar refractivity (Wildman–Crippen MR) is 96.5 cm³/mol. The molecule has 0 saturated carbocycles. The highest BCUT2D eigenvalue weighted by Crippen LogP contribution is 2.10. The maximum absolute atomic E-state index is 8.53. The standard InChI is InChI=1S/C18H32N2O4/c1-16(2)20-18-5-3-17(4-6-18)15-19-7-9-22-11-13-24-14-12-23-10-8-21/h3-6,16,19-21H,7-15H2,1-2H3. The largest absolute Gasteiger partial charge is 0.394 e. The maximum atomic E-state index is 8.53. The van der Waals surface area contributed by atoms with E-state index in [-0.39, 0.29) is 6.61 Å². The van der Waals surface area contributed by atoms with Gasteiger partial charge in [-0.05, 0) is 31.5 Å². The Morgan fingerprint density at radius 2 is 1.46 bits per heavy atom. The van der Waals surface area contributed by atoms with Crippen molar-refractivity contribution in [2.24, 2.45) is 0 Å². The third-order valence-corrected chi connectivity index (χ3v) is 3.14. The highest BCUT2D eigenvalue weighted by atomic mass is 16.5. The number of hydrogen-bond acceptors (Lipinski definition) is 6. The van der Waals surface area contributed by atoms with Crippen molar-refractivity contribution in [3.05, 3.63) is 29.8 Å². The smallest absolute Gasteiger partial charge is 0.0701 e. The molecule has 0 atom stereocenters. The molecular formula is C18H32N2O4. The average Bonchev–Trinajstić information content (AvgIpc) is 2.57. The van der Waals surface area contributed by atoms with Crippen LogP contribution in [0.2, 0.25) is 0 Å². The first-order valence-electron chi connectivity index (χ1n) is 8.62. The highest BCUT2D eigenvalue weighted by molar-refractivity contribution is 5.45. The summed E-state index contributed by atoms with van der Waals surface area (Å²) in [5.41, 5.74) is 2.41. The van der Waals surface area contributed by atoms with Gasteiger partial charge in [-0.25, -0.2) is 0 Å². The van der Waals surface area contributed by atoms with E-state index in [0.29, 0.717) is 45.7 Å². The zero-order valence-corrected chi connectivity index (χ0v) is 14.9. The summed E-state index contributed by atoms with van der Waals surface area (Å²) in [7, 11) is 0. The van der Waals surface area contributed by atoms with Crippen LogP contribution in [0.25, 0.3) is 0 Å². The number of anilines is 1. The van der Waals surface area contributed by atoms with E-state index in [1.54, 1.807) is 0 Å². The van der Waals surface area contributed by atoms with Crippen LogP contribution in [0.15, 0.2) is 24.3 Å². The van der Waals surface area contributed by atoms with E-state index in [9.17, 15) is 0 Å². The Balaban J connectivity index is 1.91. The van der Waals surface area contributed by atoms with E-state index >= 15 is 0 Å². The Labute approximate surface area is 145 Å². The van der Waals surface area contributed by atoms with Crippen LogP contribution in [0.4, 0.5) is 5.69 Å². The van der Waals surface area contributed by atoms with Crippen molar-refractivity contribution in [3.8, 4) is 0 Å². The summed E-state index contributed by atoms with van der Waals surface area (Å²) in [4.78, 5) is 0. The lowest BCUT2D eigenvalue weighted by Crippen LogP contribution is -2.20.